The summed E-state index contributed by atoms with van der Waals surface area (Å²) in [6.45, 7) is 3.68. The van der Waals surface area contributed by atoms with Crippen molar-refractivity contribution in [3.63, 3.8) is 0 Å². The molecule has 120 valence electrons. The maximum atomic E-state index is 12.4. The summed E-state index contributed by atoms with van der Waals surface area (Å²) in [5, 5.41) is 6.20. The highest BCUT2D eigenvalue weighted by molar-refractivity contribution is 7.15. The van der Waals surface area contributed by atoms with Gasteiger partial charge >= 0.3 is 0 Å². The Hall–Kier alpha value is -2.21. The van der Waals surface area contributed by atoms with E-state index in [2.05, 4.69) is 22.5 Å². The van der Waals surface area contributed by atoms with Crippen molar-refractivity contribution >= 4 is 34.0 Å². The number of thiazole rings is 1. The van der Waals surface area contributed by atoms with E-state index in [0.29, 0.717) is 22.3 Å². The third-order valence-corrected chi connectivity index (χ3v) is 4.89. The van der Waals surface area contributed by atoms with E-state index in [-0.39, 0.29) is 11.8 Å². The summed E-state index contributed by atoms with van der Waals surface area (Å²) in [7, 11) is 0. The third kappa shape index (κ3) is 3.76. The summed E-state index contributed by atoms with van der Waals surface area (Å²) in [6, 6.07) is 6.87. The van der Waals surface area contributed by atoms with Crippen LogP contribution in [0, 0.1) is 5.92 Å². The Labute approximate surface area is 139 Å². The maximum Gasteiger partial charge on any atom is 0.257 e. The van der Waals surface area contributed by atoms with Gasteiger partial charge in [0.2, 0.25) is 5.91 Å². The van der Waals surface area contributed by atoms with Crippen LogP contribution in [-0.4, -0.2) is 16.8 Å². The molecule has 1 unspecified atom stereocenters. The molecule has 0 aliphatic heterocycles. The van der Waals surface area contributed by atoms with Gasteiger partial charge in [0.05, 0.1) is 5.69 Å². The van der Waals surface area contributed by atoms with Crippen LogP contribution in [0.2, 0.25) is 0 Å². The monoisotopic (exact) mass is 329 g/mol. The summed E-state index contributed by atoms with van der Waals surface area (Å²) in [5.74, 6) is 0.307. The van der Waals surface area contributed by atoms with E-state index < -0.39 is 0 Å². The van der Waals surface area contributed by atoms with Gasteiger partial charge in [-0.15, -0.1) is 11.3 Å². The molecule has 1 aliphatic carbocycles. The number of carbonyl (C=O) groups excluding carboxylic acids is 2. The van der Waals surface area contributed by atoms with Crippen LogP contribution < -0.4 is 10.6 Å². The average Bonchev–Trinajstić information content (AvgIpc) is 2.88. The van der Waals surface area contributed by atoms with Crippen LogP contribution in [0.4, 0.5) is 10.8 Å². The molecule has 0 radical (unpaired) electrons. The van der Waals surface area contributed by atoms with Crippen LogP contribution >= 0.6 is 11.3 Å². The summed E-state index contributed by atoms with van der Waals surface area (Å²) in [5.41, 5.74) is 2.23. The first-order chi connectivity index (χ1) is 11.0. The Morgan fingerprint density at radius 2 is 2.13 bits per heavy atom. The number of fused-ring (bicyclic) bond motifs is 1. The molecule has 0 saturated heterocycles. The molecule has 3 rings (SSSR count). The number of rotatable bonds is 3. The number of aromatic nitrogens is 1. The topological polar surface area (TPSA) is 71.1 Å². The van der Waals surface area contributed by atoms with Gasteiger partial charge < -0.3 is 5.32 Å². The van der Waals surface area contributed by atoms with E-state index in [9.17, 15) is 9.59 Å². The van der Waals surface area contributed by atoms with Gasteiger partial charge in [0.25, 0.3) is 5.91 Å². The molecule has 1 aromatic heterocycles. The zero-order valence-electron chi connectivity index (χ0n) is 13.2. The van der Waals surface area contributed by atoms with Gasteiger partial charge in [-0.1, -0.05) is 13.0 Å². The first-order valence-corrected chi connectivity index (χ1v) is 8.50. The molecule has 0 saturated carbocycles. The highest BCUT2D eigenvalue weighted by atomic mass is 32.1. The van der Waals surface area contributed by atoms with Crippen molar-refractivity contribution in [2.75, 3.05) is 10.6 Å². The molecule has 23 heavy (non-hydrogen) atoms. The first-order valence-electron chi connectivity index (χ1n) is 7.69. The highest BCUT2D eigenvalue weighted by Gasteiger charge is 2.20. The smallest absolute Gasteiger partial charge is 0.257 e. The molecular formula is C17H19N3O2S. The van der Waals surface area contributed by atoms with Crippen molar-refractivity contribution in [1.29, 1.82) is 0 Å². The fraction of sp³-hybridized carbons (Fsp3) is 0.353. The number of hydrogen-bond acceptors (Lipinski definition) is 4. The average molecular weight is 329 g/mol. The van der Waals surface area contributed by atoms with Crippen molar-refractivity contribution in [2.45, 2.75) is 33.1 Å². The normalized spacial score (nSPS) is 16.5. The number of hydrogen-bond donors (Lipinski definition) is 2. The molecule has 6 heteroatoms. The molecule has 1 aliphatic rings. The zero-order chi connectivity index (χ0) is 16.4. The van der Waals surface area contributed by atoms with Gasteiger partial charge in [-0.05, 0) is 43.4 Å². The second-order valence-corrected chi connectivity index (χ2v) is 7.04. The number of carbonyl (C=O) groups is 2. The molecule has 5 nitrogen and oxygen atoms in total. The lowest BCUT2D eigenvalue weighted by Crippen LogP contribution is -2.13. The van der Waals surface area contributed by atoms with Crippen LogP contribution in [0.3, 0.4) is 0 Å². The molecule has 0 bridgehead atoms. The van der Waals surface area contributed by atoms with Gasteiger partial charge in [-0.25, -0.2) is 4.98 Å². The Kier molecular flexibility index (Phi) is 4.43. The van der Waals surface area contributed by atoms with Gasteiger partial charge in [0.15, 0.2) is 5.13 Å². The van der Waals surface area contributed by atoms with Crippen molar-refractivity contribution in [2.24, 2.45) is 5.92 Å². The lowest BCUT2D eigenvalue weighted by Gasteiger charge is -2.15. The molecule has 1 aromatic carbocycles. The summed E-state index contributed by atoms with van der Waals surface area (Å²) < 4.78 is 0. The first kappa shape index (κ1) is 15.7. The van der Waals surface area contributed by atoms with E-state index in [4.69, 9.17) is 0 Å². The highest BCUT2D eigenvalue weighted by Crippen LogP contribution is 2.32. The van der Waals surface area contributed by atoms with E-state index >= 15 is 0 Å². The quantitative estimate of drug-likeness (QED) is 0.905. The van der Waals surface area contributed by atoms with Crippen LogP contribution in [0.15, 0.2) is 24.3 Å². The van der Waals surface area contributed by atoms with E-state index in [1.165, 1.54) is 11.8 Å². The number of anilines is 2. The molecule has 0 fully saturated rings. The number of nitrogens with one attached hydrogen (secondary N) is 2. The lowest BCUT2D eigenvalue weighted by atomic mass is 9.93. The number of aryl methyl sites for hydroxylation is 1. The molecule has 1 heterocycles. The summed E-state index contributed by atoms with van der Waals surface area (Å²) in [4.78, 5) is 29.3. The summed E-state index contributed by atoms with van der Waals surface area (Å²) >= 11 is 1.56. The van der Waals surface area contributed by atoms with Crippen molar-refractivity contribution in [3.8, 4) is 0 Å². The van der Waals surface area contributed by atoms with Crippen molar-refractivity contribution in [3.05, 3.63) is 40.4 Å². The molecule has 2 aromatic rings. The molecular weight excluding hydrogens is 310 g/mol. The number of benzene rings is 1. The van der Waals surface area contributed by atoms with Crippen molar-refractivity contribution in [1.82, 2.24) is 4.98 Å². The summed E-state index contributed by atoms with van der Waals surface area (Å²) in [6.07, 6.45) is 3.19. The number of amides is 2. The van der Waals surface area contributed by atoms with E-state index in [1.54, 1.807) is 35.6 Å². The SMILES string of the molecule is CC(=O)Nc1cccc(C(=O)Nc2nc3c(s2)CC(C)CC3)c1. The Balaban J connectivity index is 1.73. The standard InChI is InChI=1S/C17H19N3O2S/c1-10-6-7-14-15(8-10)23-17(19-14)20-16(22)12-4-3-5-13(9-12)18-11(2)21/h3-5,9-10H,6-8H2,1-2H3,(H,18,21)(H,19,20,22). The predicted octanol–water partition coefficient (Wildman–Crippen LogP) is 3.48. The van der Waals surface area contributed by atoms with Crippen LogP contribution in [0.1, 0.15) is 41.2 Å². The van der Waals surface area contributed by atoms with Crippen LogP contribution in [0.5, 0.6) is 0 Å². The molecule has 0 spiro atoms. The lowest BCUT2D eigenvalue weighted by molar-refractivity contribution is -0.114. The van der Waals surface area contributed by atoms with E-state index in [0.717, 1.165) is 25.0 Å². The fourth-order valence-corrected chi connectivity index (χ4v) is 3.87. The van der Waals surface area contributed by atoms with Gasteiger partial charge in [0.1, 0.15) is 0 Å². The van der Waals surface area contributed by atoms with Crippen LogP contribution in [0.25, 0.3) is 0 Å². The zero-order valence-corrected chi connectivity index (χ0v) is 14.0. The maximum absolute atomic E-state index is 12.4. The molecule has 2 amide bonds. The largest absolute Gasteiger partial charge is 0.326 e. The van der Waals surface area contributed by atoms with Gasteiger partial charge in [-0.3, -0.25) is 14.9 Å². The van der Waals surface area contributed by atoms with Gasteiger partial charge in [-0.2, -0.15) is 0 Å². The minimum absolute atomic E-state index is 0.163. The van der Waals surface area contributed by atoms with Gasteiger partial charge in [0, 0.05) is 23.1 Å². The van der Waals surface area contributed by atoms with Crippen molar-refractivity contribution < 1.29 is 9.59 Å². The minimum atomic E-state index is -0.212. The van der Waals surface area contributed by atoms with E-state index in [1.807, 2.05) is 0 Å². The second kappa shape index (κ2) is 6.50. The fourth-order valence-electron chi connectivity index (χ4n) is 2.70. The number of nitrogens with zero attached hydrogens (tertiary/aromatic N) is 1. The second-order valence-electron chi connectivity index (χ2n) is 5.95. The molecule has 2 N–H and O–H groups in total. The Morgan fingerprint density at radius 3 is 2.91 bits per heavy atom. The predicted molar refractivity (Wildman–Crippen MR) is 92.0 cm³/mol. The minimum Gasteiger partial charge on any atom is -0.326 e. The molecule has 1 atom stereocenters. The van der Waals surface area contributed by atoms with Crippen LogP contribution in [-0.2, 0) is 17.6 Å². The Bertz CT molecular complexity index is 754. The third-order valence-electron chi connectivity index (χ3n) is 3.85. The Morgan fingerprint density at radius 1 is 1.30 bits per heavy atom.